The van der Waals surface area contributed by atoms with Crippen LogP contribution in [0.5, 0.6) is 0 Å². The zero-order valence-electron chi connectivity index (χ0n) is 10.9. The Bertz CT molecular complexity index is 438. The number of rotatable bonds is 4. The van der Waals surface area contributed by atoms with Gasteiger partial charge >= 0.3 is 0 Å². The predicted molar refractivity (Wildman–Crippen MR) is 85.6 cm³/mol. The second-order valence-corrected chi connectivity index (χ2v) is 7.28. The molecule has 2 atom stereocenters. The molecule has 1 aliphatic heterocycles. The van der Waals surface area contributed by atoms with Crippen LogP contribution in [0, 0.1) is 5.82 Å². The van der Waals surface area contributed by atoms with Crippen LogP contribution in [0.2, 0.25) is 5.02 Å². The summed E-state index contributed by atoms with van der Waals surface area (Å²) in [6, 6.07) is 3.72. The minimum absolute atomic E-state index is 0.0425. The third-order valence-corrected chi connectivity index (χ3v) is 6.13. The molecule has 1 nitrogen and oxygen atoms in total. The monoisotopic (exact) mass is 365 g/mol. The summed E-state index contributed by atoms with van der Waals surface area (Å²) in [4.78, 5) is 0. The number of halogens is 3. The van der Waals surface area contributed by atoms with Gasteiger partial charge in [0.1, 0.15) is 5.82 Å². The van der Waals surface area contributed by atoms with E-state index in [4.69, 9.17) is 11.6 Å². The molecule has 106 valence electrons. The molecule has 2 rings (SSSR count). The summed E-state index contributed by atoms with van der Waals surface area (Å²) in [6.07, 6.45) is 3.63. The van der Waals surface area contributed by atoms with Crippen molar-refractivity contribution in [3.8, 4) is 0 Å². The molecule has 1 aromatic carbocycles. The molecular formula is C14H18BrClFNS. The van der Waals surface area contributed by atoms with Crippen molar-refractivity contribution in [2.24, 2.45) is 0 Å². The largest absolute Gasteiger partial charge is 0.309 e. The van der Waals surface area contributed by atoms with Crippen molar-refractivity contribution in [3.63, 3.8) is 0 Å². The van der Waals surface area contributed by atoms with Gasteiger partial charge in [-0.15, -0.1) is 0 Å². The van der Waals surface area contributed by atoms with E-state index in [1.54, 1.807) is 0 Å². The zero-order valence-corrected chi connectivity index (χ0v) is 14.0. The standard InChI is InChI=1S/C14H18BrClFNS/c1-2-18-14(11-5-3-4-8-19-11)9-6-7-10(15)12(16)13(9)17/h6-7,11,14,18H,2-5,8H2,1H3. The molecule has 19 heavy (non-hydrogen) atoms. The molecule has 5 heteroatoms. The smallest absolute Gasteiger partial charge is 0.147 e. The third-order valence-electron chi connectivity index (χ3n) is 3.41. The fourth-order valence-corrected chi connectivity index (χ4v) is 4.39. The first kappa shape index (κ1) is 15.6. The molecule has 1 aromatic rings. The molecule has 0 bridgehead atoms. The molecule has 1 aliphatic rings. The van der Waals surface area contributed by atoms with Gasteiger partial charge < -0.3 is 5.32 Å². The van der Waals surface area contributed by atoms with Gasteiger partial charge in [0.2, 0.25) is 0 Å². The Kier molecular flexibility index (Phi) is 6.00. The van der Waals surface area contributed by atoms with Crippen molar-refractivity contribution >= 4 is 39.3 Å². The average molecular weight is 367 g/mol. The topological polar surface area (TPSA) is 12.0 Å². The van der Waals surface area contributed by atoms with Crippen LogP contribution in [0.25, 0.3) is 0 Å². The minimum Gasteiger partial charge on any atom is -0.309 e. The average Bonchev–Trinajstić information content (AvgIpc) is 2.44. The van der Waals surface area contributed by atoms with E-state index in [9.17, 15) is 4.39 Å². The summed E-state index contributed by atoms with van der Waals surface area (Å²) >= 11 is 11.2. The first-order valence-corrected chi connectivity index (χ1v) is 8.85. The van der Waals surface area contributed by atoms with Gasteiger partial charge in [-0.25, -0.2) is 4.39 Å². The van der Waals surface area contributed by atoms with Crippen LogP contribution < -0.4 is 5.32 Å². The fourth-order valence-electron chi connectivity index (χ4n) is 2.47. The Balaban J connectivity index is 2.30. The van der Waals surface area contributed by atoms with Gasteiger partial charge in [-0.3, -0.25) is 0 Å². The first-order valence-electron chi connectivity index (χ1n) is 6.63. The van der Waals surface area contributed by atoms with Crippen molar-refractivity contribution in [3.05, 3.63) is 33.0 Å². The first-order chi connectivity index (χ1) is 9.15. The molecule has 0 aromatic heterocycles. The third kappa shape index (κ3) is 3.66. The number of benzene rings is 1. The maximum atomic E-state index is 14.4. The fraction of sp³-hybridized carbons (Fsp3) is 0.571. The van der Waals surface area contributed by atoms with Crippen molar-refractivity contribution in [1.82, 2.24) is 5.32 Å². The van der Waals surface area contributed by atoms with Crippen LogP contribution in [0.4, 0.5) is 4.39 Å². The number of hydrogen-bond donors (Lipinski definition) is 1. The summed E-state index contributed by atoms with van der Waals surface area (Å²) in [5.74, 6) is 0.867. The Morgan fingerprint density at radius 1 is 1.53 bits per heavy atom. The van der Waals surface area contributed by atoms with E-state index in [-0.39, 0.29) is 16.9 Å². The normalized spacial score (nSPS) is 21.4. The van der Waals surface area contributed by atoms with Crippen LogP contribution in [0.15, 0.2) is 16.6 Å². The Morgan fingerprint density at radius 3 is 2.95 bits per heavy atom. The second-order valence-electron chi connectivity index (χ2n) is 4.70. The van der Waals surface area contributed by atoms with Crippen molar-refractivity contribution < 1.29 is 4.39 Å². The summed E-state index contributed by atoms with van der Waals surface area (Å²) < 4.78 is 15.0. The Morgan fingerprint density at radius 2 is 2.32 bits per heavy atom. The summed E-state index contributed by atoms with van der Waals surface area (Å²) in [7, 11) is 0. The number of thioether (sulfide) groups is 1. The molecule has 1 heterocycles. The molecule has 0 spiro atoms. The van der Waals surface area contributed by atoms with Gasteiger partial charge in [-0.05, 0) is 47.1 Å². The molecule has 1 fully saturated rings. The van der Waals surface area contributed by atoms with Gasteiger partial charge in [0, 0.05) is 21.3 Å². The van der Waals surface area contributed by atoms with E-state index in [1.807, 2.05) is 23.9 Å². The molecule has 0 aliphatic carbocycles. The number of hydrogen-bond acceptors (Lipinski definition) is 2. The highest BCUT2D eigenvalue weighted by atomic mass is 79.9. The van der Waals surface area contributed by atoms with Gasteiger partial charge in [0.25, 0.3) is 0 Å². The molecule has 1 N–H and O–H groups in total. The van der Waals surface area contributed by atoms with Crippen LogP contribution in [-0.4, -0.2) is 17.5 Å². The molecule has 0 amide bonds. The molecule has 2 unspecified atom stereocenters. The maximum Gasteiger partial charge on any atom is 0.147 e. The summed E-state index contributed by atoms with van der Waals surface area (Å²) in [5, 5.41) is 4.03. The van der Waals surface area contributed by atoms with E-state index in [2.05, 4.69) is 28.2 Å². The Hall–Kier alpha value is 0.230. The van der Waals surface area contributed by atoms with Gasteiger partial charge in [0.05, 0.1) is 5.02 Å². The van der Waals surface area contributed by atoms with E-state index in [0.29, 0.717) is 15.3 Å². The van der Waals surface area contributed by atoms with Crippen LogP contribution >= 0.6 is 39.3 Å². The number of nitrogens with one attached hydrogen (secondary N) is 1. The highest BCUT2D eigenvalue weighted by molar-refractivity contribution is 9.10. The Labute approximate surface area is 131 Å². The highest BCUT2D eigenvalue weighted by Gasteiger charge is 2.28. The highest BCUT2D eigenvalue weighted by Crippen LogP contribution is 2.38. The quantitative estimate of drug-likeness (QED) is 0.737. The van der Waals surface area contributed by atoms with E-state index in [1.165, 1.54) is 18.6 Å². The minimum atomic E-state index is -0.298. The van der Waals surface area contributed by atoms with Crippen molar-refractivity contribution in [2.45, 2.75) is 37.5 Å². The lowest BCUT2D eigenvalue weighted by Crippen LogP contribution is -2.32. The SMILES string of the molecule is CCNC(c1ccc(Br)c(Cl)c1F)C1CCCCS1. The maximum absolute atomic E-state index is 14.4. The van der Waals surface area contributed by atoms with Crippen molar-refractivity contribution in [2.75, 3.05) is 12.3 Å². The molecule has 1 saturated heterocycles. The van der Waals surface area contributed by atoms with Crippen LogP contribution in [0.1, 0.15) is 37.8 Å². The lowest BCUT2D eigenvalue weighted by Gasteiger charge is -2.31. The van der Waals surface area contributed by atoms with Gasteiger partial charge in [-0.2, -0.15) is 11.8 Å². The molecular weight excluding hydrogens is 349 g/mol. The van der Waals surface area contributed by atoms with E-state index < -0.39 is 0 Å². The zero-order chi connectivity index (χ0) is 13.8. The van der Waals surface area contributed by atoms with E-state index >= 15 is 0 Å². The summed E-state index contributed by atoms with van der Waals surface area (Å²) in [6.45, 7) is 2.88. The van der Waals surface area contributed by atoms with E-state index in [0.717, 1.165) is 13.0 Å². The molecule has 0 radical (unpaired) electrons. The lowest BCUT2D eigenvalue weighted by atomic mass is 9.99. The second kappa shape index (κ2) is 7.30. The van der Waals surface area contributed by atoms with Gasteiger partial charge in [-0.1, -0.05) is 31.0 Å². The predicted octanol–water partition coefficient (Wildman–Crippen LogP) is 5.18. The molecule has 0 saturated carbocycles. The van der Waals surface area contributed by atoms with Crippen LogP contribution in [-0.2, 0) is 0 Å². The van der Waals surface area contributed by atoms with Gasteiger partial charge in [0.15, 0.2) is 0 Å². The van der Waals surface area contributed by atoms with Crippen molar-refractivity contribution in [1.29, 1.82) is 0 Å². The lowest BCUT2D eigenvalue weighted by molar-refractivity contribution is 0.469. The summed E-state index contributed by atoms with van der Waals surface area (Å²) in [5.41, 5.74) is 0.689. The van der Waals surface area contributed by atoms with Crippen LogP contribution in [0.3, 0.4) is 0 Å².